The maximum atomic E-state index is 6.28. The highest BCUT2D eigenvalue weighted by Gasteiger charge is 2.14. The van der Waals surface area contributed by atoms with Crippen molar-refractivity contribution in [1.82, 2.24) is 4.57 Å². The molecule has 0 fully saturated rings. The third-order valence-electron chi connectivity index (χ3n) is 5.18. The molecular weight excluding hydrogens is 342 g/mol. The molecule has 0 aliphatic heterocycles. The Balaban J connectivity index is 1.72. The molecule has 0 saturated carbocycles. The zero-order chi connectivity index (χ0) is 19.2. The van der Waals surface area contributed by atoms with E-state index in [1.807, 2.05) is 6.07 Å². The molecule has 0 spiro atoms. The van der Waals surface area contributed by atoms with Gasteiger partial charge in [0.15, 0.2) is 0 Å². The second-order valence-electron chi connectivity index (χ2n) is 7.28. The van der Waals surface area contributed by atoms with Gasteiger partial charge < -0.3 is 9.30 Å². The van der Waals surface area contributed by atoms with E-state index in [1.165, 1.54) is 40.6 Å². The number of unbranched alkanes of at least 4 members (excludes halogenated alkanes) is 1. The monoisotopic (exact) mass is 369 g/mol. The molecule has 0 aliphatic rings. The molecule has 142 valence electrons. The number of aromatic nitrogens is 1. The highest BCUT2D eigenvalue weighted by Crippen LogP contribution is 2.31. The Bertz CT molecular complexity index is 1020. The lowest BCUT2D eigenvalue weighted by Crippen LogP contribution is -2.06. The molecule has 0 radical (unpaired) electrons. The van der Waals surface area contributed by atoms with Crippen LogP contribution in [0.25, 0.3) is 10.9 Å². The van der Waals surface area contributed by atoms with Crippen LogP contribution in [0.5, 0.6) is 5.75 Å². The van der Waals surface area contributed by atoms with Crippen molar-refractivity contribution in [3.05, 3.63) is 102 Å². The fourth-order valence-corrected chi connectivity index (χ4v) is 3.71. The zero-order valence-corrected chi connectivity index (χ0v) is 16.5. The molecule has 0 bridgehead atoms. The lowest BCUT2D eigenvalue weighted by Gasteiger charge is -2.14. The van der Waals surface area contributed by atoms with Crippen molar-refractivity contribution in [2.75, 3.05) is 0 Å². The molecule has 0 aliphatic carbocycles. The van der Waals surface area contributed by atoms with Crippen LogP contribution < -0.4 is 4.74 Å². The molecule has 1 aromatic heterocycles. The Kier molecular flexibility index (Phi) is 5.77. The maximum absolute atomic E-state index is 6.28. The quantitative estimate of drug-likeness (QED) is 0.341. The summed E-state index contributed by atoms with van der Waals surface area (Å²) in [5.41, 5.74) is 5.09. The Labute approximate surface area is 167 Å². The van der Waals surface area contributed by atoms with Crippen LogP contribution >= 0.6 is 0 Å². The molecule has 2 heteroatoms. The molecule has 0 saturated heterocycles. The smallest absolute Gasteiger partial charge is 0.144 e. The minimum absolute atomic E-state index is 0.584. The number of benzene rings is 3. The lowest BCUT2D eigenvalue weighted by atomic mass is 10.2. The van der Waals surface area contributed by atoms with Crippen molar-refractivity contribution in [3.8, 4) is 5.75 Å². The standard InChI is InChI=1S/C26H27NO/c1-2-3-16-24-18-23-15-10-17-25(28-20-22-13-8-5-9-14-22)26(23)27(24)19-21-11-6-4-7-12-21/h4-15,17-18H,2-3,16,19-20H2,1H3. The molecule has 4 aromatic rings. The van der Waals surface area contributed by atoms with E-state index in [0.29, 0.717) is 6.61 Å². The van der Waals surface area contributed by atoms with Crippen LogP contribution in [0.15, 0.2) is 84.9 Å². The molecule has 0 amide bonds. The molecule has 0 atom stereocenters. The van der Waals surface area contributed by atoms with Gasteiger partial charge in [0.2, 0.25) is 0 Å². The molecule has 2 nitrogen and oxygen atoms in total. The van der Waals surface area contributed by atoms with E-state index in [4.69, 9.17) is 4.74 Å². The Morgan fingerprint density at radius 3 is 2.21 bits per heavy atom. The number of nitrogens with zero attached hydrogens (tertiary/aromatic N) is 1. The van der Waals surface area contributed by atoms with Gasteiger partial charge in [-0.05, 0) is 36.1 Å². The highest BCUT2D eigenvalue weighted by molar-refractivity contribution is 5.87. The van der Waals surface area contributed by atoms with Crippen LogP contribution in [-0.2, 0) is 19.6 Å². The summed E-state index contributed by atoms with van der Waals surface area (Å²) in [6.45, 7) is 3.70. The third kappa shape index (κ3) is 4.12. The number of ether oxygens (including phenoxy) is 1. The van der Waals surface area contributed by atoms with E-state index in [2.05, 4.69) is 90.4 Å². The van der Waals surface area contributed by atoms with Gasteiger partial charge in [0.05, 0.1) is 5.52 Å². The number of fused-ring (bicyclic) bond motifs is 1. The Hall–Kier alpha value is -3.00. The first kappa shape index (κ1) is 18.4. The molecule has 1 heterocycles. The van der Waals surface area contributed by atoms with Crippen LogP contribution in [0.4, 0.5) is 0 Å². The van der Waals surface area contributed by atoms with E-state index in [9.17, 15) is 0 Å². The van der Waals surface area contributed by atoms with Crippen molar-refractivity contribution < 1.29 is 4.74 Å². The zero-order valence-electron chi connectivity index (χ0n) is 16.5. The summed E-state index contributed by atoms with van der Waals surface area (Å²) in [5, 5.41) is 1.26. The first-order valence-corrected chi connectivity index (χ1v) is 10.2. The lowest BCUT2D eigenvalue weighted by molar-refractivity contribution is 0.308. The summed E-state index contributed by atoms with van der Waals surface area (Å²) >= 11 is 0. The fourth-order valence-electron chi connectivity index (χ4n) is 3.71. The molecule has 0 unspecified atom stereocenters. The molecule has 0 N–H and O–H groups in total. The number of hydrogen-bond donors (Lipinski definition) is 0. The summed E-state index contributed by atoms with van der Waals surface area (Å²) < 4.78 is 8.73. The first-order chi connectivity index (χ1) is 13.8. The topological polar surface area (TPSA) is 14.2 Å². The second kappa shape index (κ2) is 8.79. The van der Waals surface area contributed by atoms with Gasteiger partial charge in [-0.15, -0.1) is 0 Å². The third-order valence-corrected chi connectivity index (χ3v) is 5.18. The average Bonchev–Trinajstić information content (AvgIpc) is 3.10. The molecule has 4 rings (SSSR count). The Morgan fingerprint density at radius 2 is 1.50 bits per heavy atom. The normalized spacial score (nSPS) is 11.0. The van der Waals surface area contributed by atoms with Crippen LogP contribution in [0.2, 0.25) is 0 Å². The van der Waals surface area contributed by atoms with Crippen molar-refractivity contribution >= 4 is 10.9 Å². The van der Waals surface area contributed by atoms with Gasteiger partial charge in [-0.1, -0.05) is 86.1 Å². The van der Waals surface area contributed by atoms with E-state index >= 15 is 0 Å². The van der Waals surface area contributed by atoms with Gasteiger partial charge in [0.1, 0.15) is 12.4 Å². The average molecular weight is 370 g/mol. The van der Waals surface area contributed by atoms with Crippen LogP contribution in [0, 0.1) is 0 Å². The highest BCUT2D eigenvalue weighted by atomic mass is 16.5. The van der Waals surface area contributed by atoms with Gasteiger partial charge >= 0.3 is 0 Å². The summed E-state index contributed by atoms with van der Waals surface area (Å²) in [4.78, 5) is 0. The molecular formula is C26H27NO. The van der Waals surface area contributed by atoms with Crippen molar-refractivity contribution in [1.29, 1.82) is 0 Å². The Morgan fingerprint density at radius 1 is 0.786 bits per heavy atom. The van der Waals surface area contributed by atoms with E-state index < -0.39 is 0 Å². The van der Waals surface area contributed by atoms with Gasteiger partial charge in [-0.2, -0.15) is 0 Å². The first-order valence-electron chi connectivity index (χ1n) is 10.2. The number of para-hydroxylation sites is 1. The van der Waals surface area contributed by atoms with Crippen LogP contribution in [0.3, 0.4) is 0 Å². The molecule has 3 aromatic carbocycles. The van der Waals surface area contributed by atoms with Crippen LogP contribution in [0.1, 0.15) is 36.6 Å². The fraction of sp³-hybridized carbons (Fsp3) is 0.231. The van der Waals surface area contributed by atoms with Gasteiger partial charge in [0.25, 0.3) is 0 Å². The number of aryl methyl sites for hydroxylation is 1. The number of hydrogen-bond acceptors (Lipinski definition) is 1. The minimum Gasteiger partial charge on any atom is -0.487 e. The largest absolute Gasteiger partial charge is 0.487 e. The summed E-state index contributed by atoms with van der Waals surface area (Å²) in [6, 6.07) is 29.8. The van der Waals surface area contributed by atoms with Gasteiger partial charge in [0, 0.05) is 17.6 Å². The van der Waals surface area contributed by atoms with E-state index in [1.54, 1.807) is 0 Å². The summed E-state index contributed by atoms with van der Waals surface area (Å²) in [7, 11) is 0. The van der Waals surface area contributed by atoms with Gasteiger partial charge in [-0.3, -0.25) is 0 Å². The van der Waals surface area contributed by atoms with E-state index in [-0.39, 0.29) is 0 Å². The van der Waals surface area contributed by atoms with Crippen molar-refractivity contribution in [2.24, 2.45) is 0 Å². The van der Waals surface area contributed by atoms with Crippen molar-refractivity contribution in [3.63, 3.8) is 0 Å². The summed E-state index contributed by atoms with van der Waals surface area (Å²) in [5.74, 6) is 0.958. The number of rotatable bonds is 8. The second-order valence-corrected chi connectivity index (χ2v) is 7.28. The summed E-state index contributed by atoms with van der Waals surface area (Å²) in [6.07, 6.45) is 3.49. The van der Waals surface area contributed by atoms with E-state index in [0.717, 1.165) is 18.7 Å². The predicted molar refractivity (Wildman–Crippen MR) is 117 cm³/mol. The molecule has 28 heavy (non-hydrogen) atoms. The van der Waals surface area contributed by atoms with Gasteiger partial charge in [-0.25, -0.2) is 0 Å². The SMILES string of the molecule is CCCCc1cc2cccc(OCc3ccccc3)c2n1Cc1ccccc1. The minimum atomic E-state index is 0.584. The maximum Gasteiger partial charge on any atom is 0.144 e. The van der Waals surface area contributed by atoms with Crippen LogP contribution in [-0.4, -0.2) is 4.57 Å². The van der Waals surface area contributed by atoms with Crippen molar-refractivity contribution in [2.45, 2.75) is 39.3 Å². The predicted octanol–water partition coefficient (Wildman–Crippen LogP) is 6.61.